The standard InChI is InChI=1S/C19H26N4O2/c1-3-22-10-5-6-15(22)12-20-19(25)13-23-11-9-16-17(21-14(2)24)7-4-8-18(16)23/h4,7-9,11,15H,3,5-6,10,12-13H2,1-2H3,(H,20,25)(H,21,24)/t15-/m0/s1. The van der Waals surface area contributed by atoms with Gasteiger partial charge in [0.1, 0.15) is 6.54 Å². The van der Waals surface area contributed by atoms with Gasteiger partial charge in [0.25, 0.3) is 0 Å². The molecule has 0 radical (unpaired) electrons. The van der Waals surface area contributed by atoms with Crippen LogP contribution in [0.2, 0.25) is 0 Å². The smallest absolute Gasteiger partial charge is 0.239 e. The third-order valence-electron chi connectivity index (χ3n) is 4.88. The van der Waals surface area contributed by atoms with Crippen molar-refractivity contribution in [3.63, 3.8) is 0 Å². The lowest BCUT2D eigenvalue weighted by molar-refractivity contribution is -0.121. The molecule has 1 aromatic heterocycles. The van der Waals surface area contributed by atoms with E-state index >= 15 is 0 Å². The summed E-state index contributed by atoms with van der Waals surface area (Å²) in [6, 6.07) is 8.11. The summed E-state index contributed by atoms with van der Waals surface area (Å²) in [5.74, 6) is -0.0829. The van der Waals surface area contributed by atoms with Gasteiger partial charge in [0.2, 0.25) is 11.8 Å². The molecule has 6 nitrogen and oxygen atoms in total. The van der Waals surface area contributed by atoms with Crippen LogP contribution in [-0.2, 0) is 16.1 Å². The van der Waals surface area contributed by atoms with Gasteiger partial charge in [-0.05, 0) is 44.1 Å². The molecule has 0 saturated carbocycles. The zero-order chi connectivity index (χ0) is 17.8. The third kappa shape index (κ3) is 4.02. The van der Waals surface area contributed by atoms with E-state index in [0.717, 1.165) is 36.1 Å². The fourth-order valence-electron chi connectivity index (χ4n) is 3.64. The Labute approximate surface area is 148 Å². The molecule has 3 rings (SSSR count). The summed E-state index contributed by atoms with van der Waals surface area (Å²) in [5.41, 5.74) is 1.71. The predicted molar refractivity (Wildman–Crippen MR) is 99.5 cm³/mol. The van der Waals surface area contributed by atoms with E-state index in [2.05, 4.69) is 22.5 Å². The lowest BCUT2D eigenvalue weighted by Crippen LogP contribution is -2.40. The number of amides is 2. The van der Waals surface area contributed by atoms with E-state index in [4.69, 9.17) is 0 Å². The van der Waals surface area contributed by atoms with Gasteiger partial charge in [-0.3, -0.25) is 14.5 Å². The van der Waals surface area contributed by atoms with Gasteiger partial charge in [-0.15, -0.1) is 0 Å². The molecule has 1 aromatic carbocycles. The largest absolute Gasteiger partial charge is 0.353 e. The minimum Gasteiger partial charge on any atom is -0.353 e. The predicted octanol–water partition coefficient (Wildman–Crippen LogP) is 2.20. The quantitative estimate of drug-likeness (QED) is 0.846. The number of hydrogen-bond acceptors (Lipinski definition) is 3. The first-order chi connectivity index (χ1) is 12.1. The highest BCUT2D eigenvalue weighted by Crippen LogP contribution is 2.24. The molecular weight excluding hydrogens is 316 g/mol. The van der Waals surface area contributed by atoms with Crippen molar-refractivity contribution in [2.24, 2.45) is 0 Å². The lowest BCUT2D eigenvalue weighted by atomic mass is 10.2. The van der Waals surface area contributed by atoms with Gasteiger partial charge in [0, 0.05) is 31.1 Å². The molecule has 2 amide bonds. The Hall–Kier alpha value is -2.34. The van der Waals surface area contributed by atoms with Gasteiger partial charge in [-0.25, -0.2) is 0 Å². The Balaban J connectivity index is 1.64. The molecule has 0 spiro atoms. The molecule has 1 saturated heterocycles. The molecule has 2 aromatic rings. The van der Waals surface area contributed by atoms with Crippen LogP contribution < -0.4 is 10.6 Å². The van der Waals surface area contributed by atoms with Crippen LogP contribution in [0.3, 0.4) is 0 Å². The van der Waals surface area contributed by atoms with Crippen LogP contribution in [0.1, 0.15) is 26.7 Å². The van der Waals surface area contributed by atoms with Gasteiger partial charge in [-0.2, -0.15) is 0 Å². The van der Waals surface area contributed by atoms with Crippen LogP contribution in [0, 0.1) is 0 Å². The van der Waals surface area contributed by atoms with Crippen molar-refractivity contribution in [3.05, 3.63) is 30.5 Å². The maximum Gasteiger partial charge on any atom is 0.239 e. The van der Waals surface area contributed by atoms with Gasteiger partial charge in [-0.1, -0.05) is 13.0 Å². The van der Waals surface area contributed by atoms with E-state index in [9.17, 15) is 9.59 Å². The maximum atomic E-state index is 12.3. The SMILES string of the molecule is CCN1CCC[C@H]1CNC(=O)Cn1ccc2c(NC(C)=O)cccc21. The molecule has 6 heteroatoms. The molecule has 1 fully saturated rings. The Morgan fingerprint density at radius 3 is 2.88 bits per heavy atom. The average molecular weight is 342 g/mol. The zero-order valence-electron chi connectivity index (χ0n) is 14.9. The van der Waals surface area contributed by atoms with Crippen LogP contribution in [0.25, 0.3) is 10.9 Å². The molecule has 2 N–H and O–H groups in total. The number of likely N-dealkylation sites (tertiary alicyclic amines) is 1. The third-order valence-corrected chi connectivity index (χ3v) is 4.88. The summed E-state index contributed by atoms with van der Waals surface area (Å²) in [6.07, 6.45) is 4.26. The van der Waals surface area contributed by atoms with Crippen LogP contribution in [-0.4, -0.2) is 47.0 Å². The average Bonchev–Trinajstić information content (AvgIpc) is 3.20. The Morgan fingerprint density at radius 2 is 2.12 bits per heavy atom. The van der Waals surface area contributed by atoms with E-state index in [-0.39, 0.29) is 18.4 Å². The Morgan fingerprint density at radius 1 is 1.28 bits per heavy atom. The van der Waals surface area contributed by atoms with Gasteiger partial charge < -0.3 is 15.2 Å². The molecular formula is C19H26N4O2. The second-order valence-electron chi connectivity index (χ2n) is 6.59. The second-order valence-corrected chi connectivity index (χ2v) is 6.59. The van der Waals surface area contributed by atoms with Crippen molar-refractivity contribution in [2.45, 2.75) is 39.3 Å². The summed E-state index contributed by atoms with van der Waals surface area (Å²) in [4.78, 5) is 26.1. The normalized spacial score (nSPS) is 17.8. The monoisotopic (exact) mass is 342 g/mol. The van der Waals surface area contributed by atoms with Crippen LogP contribution in [0.15, 0.2) is 30.5 Å². The van der Waals surface area contributed by atoms with E-state index < -0.39 is 0 Å². The molecule has 1 atom stereocenters. The van der Waals surface area contributed by atoms with E-state index in [1.807, 2.05) is 35.0 Å². The minimum absolute atomic E-state index is 0.0189. The fourth-order valence-corrected chi connectivity index (χ4v) is 3.64. The van der Waals surface area contributed by atoms with E-state index in [1.54, 1.807) is 0 Å². The summed E-state index contributed by atoms with van der Waals surface area (Å²) in [5, 5.41) is 6.84. The van der Waals surface area contributed by atoms with Gasteiger partial charge in [0.05, 0.1) is 11.2 Å². The van der Waals surface area contributed by atoms with Crippen molar-refractivity contribution in [1.29, 1.82) is 0 Å². The molecule has 1 aliphatic rings. The number of nitrogens with one attached hydrogen (secondary N) is 2. The Bertz CT molecular complexity index is 768. The van der Waals surface area contributed by atoms with Crippen molar-refractivity contribution >= 4 is 28.4 Å². The first-order valence-electron chi connectivity index (χ1n) is 8.94. The number of likely N-dealkylation sites (N-methyl/N-ethyl adjacent to an activating group) is 1. The van der Waals surface area contributed by atoms with Gasteiger partial charge >= 0.3 is 0 Å². The van der Waals surface area contributed by atoms with Gasteiger partial charge in [0.15, 0.2) is 0 Å². The van der Waals surface area contributed by atoms with Crippen molar-refractivity contribution in [1.82, 2.24) is 14.8 Å². The molecule has 0 unspecified atom stereocenters. The number of anilines is 1. The number of fused-ring (bicyclic) bond motifs is 1. The van der Waals surface area contributed by atoms with Crippen LogP contribution in [0.5, 0.6) is 0 Å². The highest BCUT2D eigenvalue weighted by molar-refractivity contribution is 6.01. The Kier molecular flexibility index (Phi) is 5.38. The summed E-state index contributed by atoms with van der Waals surface area (Å²) in [7, 11) is 0. The molecule has 2 heterocycles. The summed E-state index contributed by atoms with van der Waals surface area (Å²) < 4.78 is 1.92. The number of hydrogen-bond donors (Lipinski definition) is 2. The number of benzene rings is 1. The lowest BCUT2D eigenvalue weighted by Gasteiger charge is -2.22. The number of rotatable bonds is 6. The topological polar surface area (TPSA) is 66.4 Å². The minimum atomic E-state index is -0.102. The number of nitrogens with zero attached hydrogens (tertiary/aromatic N) is 2. The maximum absolute atomic E-state index is 12.3. The molecule has 0 bridgehead atoms. The molecule has 25 heavy (non-hydrogen) atoms. The number of aromatic nitrogens is 1. The zero-order valence-corrected chi connectivity index (χ0v) is 14.9. The summed E-state index contributed by atoms with van der Waals surface area (Å²) in [6.45, 7) is 6.82. The molecule has 134 valence electrons. The number of carbonyl (C=O) groups excluding carboxylic acids is 2. The molecule has 1 aliphatic heterocycles. The number of carbonyl (C=O) groups is 2. The molecule has 0 aliphatic carbocycles. The van der Waals surface area contributed by atoms with Crippen molar-refractivity contribution in [3.8, 4) is 0 Å². The first-order valence-corrected chi connectivity index (χ1v) is 8.94. The highest BCUT2D eigenvalue weighted by atomic mass is 16.2. The highest BCUT2D eigenvalue weighted by Gasteiger charge is 2.23. The summed E-state index contributed by atoms with van der Waals surface area (Å²) >= 11 is 0. The first kappa shape index (κ1) is 17.5. The van der Waals surface area contributed by atoms with Crippen LogP contribution in [0.4, 0.5) is 5.69 Å². The fraction of sp³-hybridized carbons (Fsp3) is 0.474. The van der Waals surface area contributed by atoms with E-state index in [0.29, 0.717) is 12.6 Å². The van der Waals surface area contributed by atoms with Crippen molar-refractivity contribution < 1.29 is 9.59 Å². The van der Waals surface area contributed by atoms with Crippen molar-refractivity contribution in [2.75, 3.05) is 25.0 Å². The van der Waals surface area contributed by atoms with Crippen LogP contribution >= 0.6 is 0 Å². The second kappa shape index (κ2) is 7.70. The van der Waals surface area contributed by atoms with E-state index in [1.165, 1.54) is 13.3 Å².